The summed E-state index contributed by atoms with van der Waals surface area (Å²) < 4.78 is 4.65. The second kappa shape index (κ2) is 7.07. The molecule has 0 aromatic heterocycles. The molecule has 1 atom stereocenters. The third-order valence-electron chi connectivity index (χ3n) is 3.07. The van der Waals surface area contributed by atoms with Crippen molar-refractivity contribution in [3.8, 4) is 0 Å². The first kappa shape index (κ1) is 15.4. The molecule has 0 fully saturated rings. The Morgan fingerprint density at radius 3 is 2.11 bits per heavy atom. The van der Waals surface area contributed by atoms with Gasteiger partial charge in [-0.25, -0.2) is 4.79 Å². The Morgan fingerprint density at radius 2 is 1.63 bits per heavy atom. The van der Waals surface area contributed by atoms with Crippen LogP contribution in [0, 0.1) is 5.92 Å². The van der Waals surface area contributed by atoms with E-state index in [0.29, 0.717) is 30.1 Å². The molecular formula is C16H22O3. The SMILES string of the molecule is COC(=O)c1ccc([C@H](C)CC(=O)CC(C)C)cc1. The normalized spacial score (nSPS) is 12.3. The van der Waals surface area contributed by atoms with Gasteiger partial charge < -0.3 is 4.74 Å². The first-order valence-corrected chi connectivity index (χ1v) is 6.64. The summed E-state index contributed by atoms with van der Waals surface area (Å²) in [5, 5.41) is 0. The standard InChI is InChI=1S/C16H22O3/c1-11(2)9-15(17)10-12(3)13-5-7-14(8-6-13)16(18)19-4/h5-8,11-12H,9-10H2,1-4H3/t12-/m1/s1. The van der Waals surface area contributed by atoms with Gasteiger partial charge in [-0.3, -0.25) is 4.79 Å². The molecule has 0 spiro atoms. The van der Waals surface area contributed by atoms with Crippen LogP contribution >= 0.6 is 0 Å². The summed E-state index contributed by atoms with van der Waals surface area (Å²) in [4.78, 5) is 23.1. The first-order chi connectivity index (χ1) is 8.93. The van der Waals surface area contributed by atoms with E-state index in [0.717, 1.165) is 5.56 Å². The van der Waals surface area contributed by atoms with E-state index in [1.807, 2.05) is 32.9 Å². The van der Waals surface area contributed by atoms with Crippen molar-refractivity contribution in [2.24, 2.45) is 5.92 Å². The number of ether oxygens (including phenoxy) is 1. The monoisotopic (exact) mass is 262 g/mol. The number of ketones is 1. The van der Waals surface area contributed by atoms with Gasteiger partial charge in [-0.2, -0.15) is 0 Å². The number of rotatable bonds is 6. The zero-order valence-electron chi connectivity index (χ0n) is 12.1. The maximum Gasteiger partial charge on any atom is 0.337 e. The number of carbonyl (C=O) groups excluding carboxylic acids is 2. The van der Waals surface area contributed by atoms with E-state index < -0.39 is 0 Å². The second-order valence-electron chi connectivity index (χ2n) is 5.36. The van der Waals surface area contributed by atoms with Gasteiger partial charge in [0.05, 0.1) is 12.7 Å². The lowest BCUT2D eigenvalue weighted by Gasteiger charge is -2.12. The highest BCUT2D eigenvalue weighted by Gasteiger charge is 2.13. The molecule has 0 saturated heterocycles. The van der Waals surface area contributed by atoms with Gasteiger partial charge in [-0.05, 0) is 29.5 Å². The van der Waals surface area contributed by atoms with Gasteiger partial charge in [0.25, 0.3) is 0 Å². The van der Waals surface area contributed by atoms with Crippen molar-refractivity contribution in [1.29, 1.82) is 0 Å². The van der Waals surface area contributed by atoms with E-state index in [2.05, 4.69) is 4.74 Å². The van der Waals surface area contributed by atoms with Crippen LogP contribution in [0.1, 0.15) is 55.5 Å². The molecule has 1 aromatic carbocycles. The van der Waals surface area contributed by atoms with E-state index in [9.17, 15) is 9.59 Å². The lowest BCUT2D eigenvalue weighted by atomic mass is 9.92. The topological polar surface area (TPSA) is 43.4 Å². The van der Waals surface area contributed by atoms with Gasteiger partial charge >= 0.3 is 5.97 Å². The minimum atomic E-state index is -0.338. The molecule has 19 heavy (non-hydrogen) atoms. The zero-order chi connectivity index (χ0) is 14.4. The van der Waals surface area contributed by atoms with Gasteiger partial charge in [-0.1, -0.05) is 32.9 Å². The summed E-state index contributed by atoms with van der Waals surface area (Å²) in [5.41, 5.74) is 1.61. The molecule has 0 heterocycles. The molecule has 1 rings (SSSR count). The fourth-order valence-electron chi connectivity index (χ4n) is 2.06. The Hall–Kier alpha value is -1.64. The molecule has 3 nitrogen and oxygen atoms in total. The summed E-state index contributed by atoms with van der Waals surface area (Å²) in [6, 6.07) is 7.26. The number of methoxy groups -OCH3 is 1. The number of hydrogen-bond acceptors (Lipinski definition) is 3. The summed E-state index contributed by atoms with van der Waals surface area (Å²) in [6.45, 7) is 6.13. The number of benzene rings is 1. The van der Waals surface area contributed by atoms with Crippen LogP contribution in [0.25, 0.3) is 0 Å². The number of Topliss-reactive ketones (excluding diaryl/α,β-unsaturated/α-hetero) is 1. The summed E-state index contributed by atoms with van der Waals surface area (Å²) in [5.74, 6) is 0.536. The lowest BCUT2D eigenvalue weighted by Crippen LogP contribution is -2.08. The summed E-state index contributed by atoms with van der Waals surface area (Å²) in [6.07, 6.45) is 1.18. The number of carbonyl (C=O) groups is 2. The van der Waals surface area contributed by atoms with Crippen molar-refractivity contribution in [1.82, 2.24) is 0 Å². The van der Waals surface area contributed by atoms with Crippen LogP contribution in [0.5, 0.6) is 0 Å². The number of hydrogen-bond donors (Lipinski definition) is 0. The molecule has 0 amide bonds. The number of esters is 1. The molecule has 0 bridgehead atoms. The van der Waals surface area contributed by atoms with Gasteiger partial charge in [0.2, 0.25) is 0 Å². The third kappa shape index (κ3) is 4.86. The molecule has 0 aliphatic heterocycles. The minimum Gasteiger partial charge on any atom is -0.465 e. The van der Waals surface area contributed by atoms with E-state index in [-0.39, 0.29) is 11.9 Å². The first-order valence-electron chi connectivity index (χ1n) is 6.64. The molecule has 0 radical (unpaired) electrons. The molecular weight excluding hydrogens is 240 g/mol. The lowest BCUT2D eigenvalue weighted by molar-refractivity contribution is -0.120. The van der Waals surface area contributed by atoms with Crippen LogP contribution in [0.2, 0.25) is 0 Å². The van der Waals surface area contributed by atoms with Crippen LogP contribution in [-0.4, -0.2) is 18.9 Å². The smallest absolute Gasteiger partial charge is 0.337 e. The van der Waals surface area contributed by atoms with Gasteiger partial charge in [0.15, 0.2) is 0 Å². The van der Waals surface area contributed by atoms with E-state index in [1.165, 1.54) is 7.11 Å². The van der Waals surface area contributed by atoms with Gasteiger partial charge in [0, 0.05) is 12.8 Å². The highest BCUT2D eigenvalue weighted by atomic mass is 16.5. The van der Waals surface area contributed by atoms with Gasteiger partial charge in [-0.15, -0.1) is 0 Å². The largest absolute Gasteiger partial charge is 0.465 e. The molecule has 0 unspecified atom stereocenters. The predicted octanol–water partition coefficient (Wildman–Crippen LogP) is 3.58. The van der Waals surface area contributed by atoms with Gasteiger partial charge in [0.1, 0.15) is 5.78 Å². The van der Waals surface area contributed by atoms with Crippen LogP contribution in [0.15, 0.2) is 24.3 Å². The van der Waals surface area contributed by atoms with Crippen molar-refractivity contribution in [3.63, 3.8) is 0 Å². The zero-order valence-corrected chi connectivity index (χ0v) is 12.1. The highest BCUT2D eigenvalue weighted by molar-refractivity contribution is 5.89. The van der Waals surface area contributed by atoms with Crippen LogP contribution in [0.3, 0.4) is 0 Å². The maximum atomic E-state index is 11.8. The Bertz CT molecular complexity index is 432. The summed E-state index contributed by atoms with van der Waals surface area (Å²) in [7, 11) is 1.36. The summed E-state index contributed by atoms with van der Waals surface area (Å²) >= 11 is 0. The molecule has 1 aromatic rings. The van der Waals surface area contributed by atoms with E-state index in [1.54, 1.807) is 12.1 Å². The Kier molecular flexibility index (Phi) is 5.74. The Morgan fingerprint density at radius 1 is 1.05 bits per heavy atom. The fraction of sp³-hybridized carbons (Fsp3) is 0.500. The quantitative estimate of drug-likeness (QED) is 0.736. The molecule has 0 aliphatic carbocycles. The molecule has 3 heteroatoms. The third-order valence-corrected chi connectivity index (χ3v) is 3.07. The minimum absolute atomic E-state index is 0.179. The van der Waals surface area contributed by atoms with Crippen molar-refractivity contribution >= 4 is 11.8 Å². The van der Waals surface area contributed by atoms with Crippen molar-refractivity contribution in [2.75, 3.05) is 7.11 Å². The van der Waals surface area contributed by atoms with Crippen LogP contribution < -0.4 is 0 Å². The van der Waals surface area contributed by atoms with Crippen molar-refractivity contribution in [2.45, 2.75) is 39.5 Å². The van der Waals surface area contributed by atoms with Crippen molar-refractivity contribution in [3.05, 3.63) is 35.4 Å². The van der Waals surface area contributed by atoms with Crippen LogP contribution in [0.4, 0.5) is 0 Å². The molecule has 0 aliphatic rings. The average molecular weight is 262 g/mol. The highest BCUT2D eigenvalue weighted by Crippen LogP contribution is 2.21. The Balaban J connectivity index is 2.65. The Labute approximate surface area is 115 Å². The van der Waals surface area contributed by atoms with E-state index >= 15 is 0 Å². The fourth-order valence-corrected chi connectivity index (χ4v) is 2.06. The van der Waals surface area contributed by atoms with Crippen LogP contribution in [-0.2, 0) is 9.53 Å². The van der Waals surface area contributed by atoms with E-state index in [4.69, 9.17) is 0 Å². The average Bonchev–Trinajstić information content (AvgIpc) is 2.36. The maximum absolute atomic E-state index is 11.8. The molecule has 104 valence electrons. The second-order valence-corrected chi connectivity index (χ2v) is 5.36. The molecule has 0 N–H and O–H groups in total. The van der Waals surface area contributed by atoms with Crippen molar-refractivity contribution < 1.29 is 14.3 Å². The predicted molar refractivity (Wildman–Crippen MR) is 75.3 cm³/mol. The molecule has 0 saturated carbocycles.